The summed E-state index contributed by atoms with van der Waals surface area (Å²) in [5, 5.41) is 0. The van der Waals surface area contributed by atoms with E-state index in [-0.39, 0.29) is 10.8 Å². The number of nitrogens with zero attached hydrogens (tertiary/aromatic N) is 1. The first-order chi connectivity index (χ1) is 11.8. The van der Waals surface area contributed by atoms with E-state index in [4.69, 9.17) is 0 Å². The van der Waals surface area contributed by atoms with Crippen molar-refractivity contribution in [2.75, 3.05) is 13.6 Å². The molecule has 134 valence electrons. The molecule has 1 aliphatic carbocycles. The highest BCUT2D eigenvalue weighted by Crippen LogP contribution is 2.63. The van der Waals surface area contributed by atoms with Crippen LogP contribution in [0.4, 0.5) is 0 Å². The number of nitrogens with one attached hydrogen (secondary N) is 1. The van der Waals surface area contributed by atoms with Crippen LogP contribution in [0.2, 0.25) is 0 Å². The second-order valence-corrected chi connectivity index (χ2v) is 9.44. The molecule has 4 nitrogen and oxygen atoms in total. The van der Waals surface area contributed by atoms with E-state index in [1.807, 2.05) is 48.5 Å². The Bertz CT molecular complexity index is 819. The van der Waals surface area contributed by atoms with Crippen LogP contribution in [0.15, 0.2) is 60.7 Å². The Morgan fingerprint density at radius 2 is 1.52 bits per heavy atom. The van der Waals surface area contributed by atoms with Crippen molar-refractivity contribution in [3.8, 4) is 0 Å². The van der Waals surface area contributed by atoms with Crippen LogP contribution < -0.4 is 4.72 Å². The van der Waals surface area contributed by atoms with Crippen LogP contribution >= 0.6 is 0 Å². The molecule has 0 unspecified atom stereocenters. The summed E-state index contributed by atoms with van der Waals surface area (Å²) in [6, 6.07) is 19.8. The van der Waals surface area contributed by atoms with Crippen LogP contribution in [0, 0.1) is 5.41 Å². The predicted molar refractivity (Wildman–Crippen MR) is 101 cm³/mol. The summed E-state index contributed by atoms with van der Waals surface area (Å²) in [7, 11) is -1.91. The average Bonchev–Trinajstić information content (AvgIpc) is 3.17. The maximum absolute atomic E-state index is 12.7. The van der Waals surface area contributed by atoms with Crippen molar-refractivity contribution in [3.63, 3.8) is 0 Å². The van der Waals surface area contributed by atoms with Gasteiger partial charge in [0.2, 0.25) is 0 Å². The molecule has 1 fully saturated rings. The molecule has 2 aromatic rings. The van der Waals surface area contributed by atoms with Gasteiger partial charge in [0.05, 0.1) is 0 Å². The predicted octanol–water partition coefficient (Wildman–Crippen LogP) is 3.32. The van der Waals surface area contributed by atoms with Gasteiger partial charge in [0.15, 0.2) is 0 Å². The Labute approximate surface area is 151 Å². The van der Waals surface area contributed by atoms with E-state index in [1.54, 1.807) is 7.05 Å². The Morgan fingerprint density at radius 1 is 1.00 bits per heavy atom. The van der Waals surface area contributed by atoms with Crippen LogP contribution in [-0.4, -0.2) is 26.3 Å². The number of hydrogen-bond donors (Lipinski definition) is 1. The van der Waals surface area contributed by atoms with Crippen molar-refractivity contribution in [2.24, 2.45) is 5.41 Å². The summed E-state index contributed by atoms with van der Waals surface area (Å²) >= 11 is 0. The van der Waals surface area contributed by atoms with Crippen LogP contribution in [0.3, 0.4) is 0 Å². The summed E-state index contributed by atoms with van der Waals surface area (Å²) in [6.07, 6.45) is 0.981. The molecule has 0 amide bonds. The molecule has 2 aromatic carbocycles. The first-order valence-electron chi connectivity index (χ1n) is 8.57. The molecule has 0 heterocycles. The van der Waals surface area contributed by atoms with Crippen molar-refractivity contribution in [2.45, 2.75) is 32.2 Å². The van der Waals surface area contributed by atoms with Crippen LogP contribution in [0.25, 0.3) is 0 Å². The SMILES string of the molecule is CN(Cc1ccccc1)S(=O)(=O)NC[C@@]1(c2ccccc2)CC1(C)C. The molecule has 1 aliphatic rings. The highest BCUT2D eigenvalue weighted by molar-refractivity contribution is 7.87. The van der Waals surface area contributed by atoms with Gasteiger partial charge < -0.3 is 0 Å². The molecule has 3 rings (SSSR count). The molecule has 25 heavy (non-hydrogen) atoms. The lowest BCUT2D eigenvalue weighted by Gasteiger charge is -2.24. The minimum Gasteiger partial charge on any atom is -0.201 e. The molecule has 0 aliphatic heterocycles. The van der Waals surface area contributed by atoms with Crippen LogP contribution in [0.5, 0.6) is 0 Å². The molecule has 0 radical (unpaired) electrons. The van der Waals surface area contributed by atoms with Gasteiger partial charge in [-0.05, 0) is 23.0 Å². The monoisotopic (exact) mass is 358 g/mol. The summed E-state index contributed by atoms with van der Waals surface area (Å²) in [5.74, 6) is 0. The van der Waals surface area contributed by atoms with E-state index in [9.17, 15) is 8.42 Å². The second kappa shape index (κ2) is 6.56. The van der Waals surface area contributed by atoms with Crippen molar-refractivity contribution < 1.29 is 8.42 Å². The van der Waals surface area contributed by atoms with E-state index < -0.39 is 10.2 Å². The Hall–Kier alpha value is -1.69. The minimum absolute atomic E-state index is 0.0921. The topological polar surface area (TPSA) is 49.4 Å². The molecule has 0 saturated heterocycles. The Kier molecular flexibility index (Phi) is 4.75. The maximum atomic E-state index is 12.7. The van der Waals surface area contributed by atoms with Gasteiger partial charge in [-0.25, -0.2) is 4.72 Å². The van der Waals surface area contributed by atoms with E-state index in [1.165, 1.54) is 9.87 Å². The zero-order valence-corrected chi connectivity index (χ0v) is 15.9. The molecule has 0 aromatic heterocycles. The summed E-state index contributed by atoms with van der Waals surface area (Å²) in [6.45, 7) is 5.17. The van der Waals surface area contributed by atoms with Gasteiger partial charge in [-0.15, -0.1) is 0 Å². The molecule has 1 atom stereocenters. The fourth-order valence-electron chi connectivity index (χ4n) is 3.61. The minimum atomic E-state index is -3.53. The van der Waals surface area contributed by atoms with Gasteiger partial charge >= 0.3 is 0 Å². The lowest BCUT2D eigenvalue weighted by atomic mass is 9.88. The third-order valence-electron chi connectivity index (χ3n) is 5.46. The van der Waals surface area contributed by atoms with Crippen LogP contribution in [0.1, 0.15) is 31.4 Å². The Balaban J connectivity index is 1.71. The lowest BCUT2D eigenvalue weighted by molar-refractivity contribution is 0.437. The molecule has 0 bridgehead atoms. The summed E-state index contributed by atoms with van der Waals surface area (Å²) in [4.78, 5) is 0. The summed E-state index contributed by atoms with van der Waals surface area (Å²) < 4.78 is 29.5. The van der Waals surface area contributed by atoms with E-state index in [0.29, 0.717) is 13.1 Å². The highest BCUT2D eigenvalue weighted by Gasteiger charge is 2.61. The van der Waals surface area contributed by atoms with Gasteiger partial charge in [-0.2, -0.15) is 12.7 Å². The fourth-order valence-corrected chi connectivity index (χ4v) is 4.58. The van der Waals surface area contributed by atoms with E-state index >= 15 is 0 Å². The number of benzene rings is 2. The lowest BCUT2D eigenvalue weighted by Crippen LogP contribution is -2.42. The van der Waals surface area contributed by atoms with Crippen molar-refractivity contribution in [1.29, 1.82) is 0 Å². The standard InChI is InChI=1S/C20H26N2O2S/c1-19(2)15-20(19,18-12-8-5-9-13-18)16-21-25(23,24)22(3)14-17-10-6-4-7-11-17/h4-13,21H,14-16H2,1-3H3/t20-/m1/s1. The Morgan fingerprint density at radius 3 is 2.04 bits per heavy atom. The number of rotatable bonds is 7. The smallest absolute Gasteiger partial charge is 0.201 e. The normalized spacial score (nSPS) is 22.1. The highest BCUT2D eigenvalue weighted by atomic mass is 32.2. The van der Waals surface area contributed by atoms with E-state index in [2.05, 4.69) is 30.7 Å². The zero-order chi connectivity index (χ0) is 18.1. The number of hydrogen-bond acceptors (Lipinski definition) is 2. The van der Waals surface area contributed by atoms with Gasteiger partial charge in [0.1, 0.15) is 0 Å². The quantitative estimate of drug-likeness (QED) is 0.825. The van der Waals surface area contributed by atoms with E-state index in [0.717, 1.165) is 12.0 Å². The molecule has 1 N–H and O–H groups in total. The summed E-state index contributed by atoms with van der Waals surface area (Å²) in [5.41, 5.74) is 2.14. The average molecular weight is 359 g/mol. The molecule has 1 saturated carbocycles. The first-order valence-corrected chi connectivity index (χ1v) is 10.0. The zero-order valence-electron chi connectivity index (χ0n) is 15.1. The van der Waals surface area contributed by atoms with Gasteiger partial charge in [0, 0.05) is 25.6 Å². The van der Waals surface area contributed by atoms with Crippen LogP contribution in [-0.2, 0) is 22.2 Å². The van der Waals surface area contributed by atoms with Crippen molar-refractivity contribution in [1.82, 2.24) is 9.03 Å². The molecule has 0 spiro atoms. The fraction of sp³-hybridized carbons (Fsp3) is 0.400. The van der Waals surface area contributed by atoms with Gasteiger partial charge in [-0.1, -0.05) is 74.5 Å². The van der Waals surface area contributed by atoms with Crippen molar-refractivity contribution in [3.05, 3.63) is 71.8 Å². The largest absolute Gasteiger partial charge is 0.279 e. The first kappa shape index (κ1) is 18.1. The van der Waals surface area contributed by atoms with Gasteiger partial charge in [0.25, 0.3) is 10.2 Å². The second-order valence-electron chi connectivity index (χ2n) is 7.58. The third-order valence-corrected chi connectivity index (χ3v) is 6.91. The molecular weight excluding hydrogens is 332 g/mol. The maximum Gasteiger partial charge on any atom is 0.279 e. The third kappa shape index (κ3) is 3.64. The molecule has 5 heteroatoms. The molecular formula is C20H26N2O2S. The van der Waals surface area contributed by atoms with Gasteiger partial charge in [-0.3, -0.25) is 0 Å². The van der Waals surface area contributed by atoms with Crippen molar-refractivity contribution >= 4 is 10.2 Å².